The largest absolute Gasteiger partial charge is 0.488 e. The number of hydrogen-bond acceptors (Lipinski definition) is 10. The summed E-state index contributed by atoms with van der Waals surface area (Å²) in [6.07, 6.45) is 3.73. The van der Waals surface area contributed by atoms with Crippen molar-refractivity contribution in [2.45, 2.75) is 70.3 Å². The van der Waals surface area contributed by atoms with Crippen LogP contribution in [0, 0.1) is 11.8 Å². The summed E-state index contributed by atoms with van der Waals surface area (Å²) in [6.45, 7) is 8.05. The number of nitrogens with one attached hydrogen (secondary N) is 4. The minimum atomic E-state index is -1.12. The van der Waals surface area contributed by atoms with Gasteiger partial charge in [-0.1, -0.05) is 69.3 Å². The van der Waals surface area contributed by atoms with Crippen molar-refractivity contribution in [3.05, 3.63) is 102 Å². The predicted octanol–water partition coefficient (Wildman–Crippen LogP) is 7.76. The number of aromatic nitrogens is 4. The van der Waals surface area contributed by atoms with E-state index in [1.54, 1.807) is 4.90 Å². The van der Waals surface area contributed by atoms with Gasteiger partial charge in [0.05, 0.1) is 49.2 Å². The van der Waals surface area contributed by atoms with E-state index < -0.39 is 23.8 Å². The summed E-state index contributed by atoms with van der Waals surface area (Å²) in [5.41, 5.74) is 6.22. The number of nitrogens with zero attached hydrogens (tertiary/aromatic N) is 4. The number of benzene rings is 4. The molecule has 3 aliphatic heterocycles. The van der Waals surface area contributed by atoms with Crippen LogP contribution in [0.15, 0.2) is 79.0 Å². The van der Waals surface area contributed by atoms with Crippen molar-refractivity contribution < 1.29 is 33.4 Å². The Kier molecular flexibility index (Phi) is 11.1. The highest BCUT2D eigenvalue weighted by molar-refractivity contribution is 6.07. The maximum absolute atomic E-state index is 14.0. The van der Waals surface area contributed by atoms with E-state index in [4.69, 9.17) is 24.2 Å². The molecule has 0 spiro atoms. The average Bonchev–Trinajstić information content (AvgIpc) is 4.13. The van der Waals surface area contributed by atoms with E-state index in [9.17, 15) is 19.2 Å². The Morgan fingerprint density at radius 1 is 0.968 bits per heavy atom. The van der Waals surface area contributed by atoms with Gasteiger partial charge in [0.25, 0.3) is 5.91 Å². The van der Waals surface area contributed by atoms with Gasteiger partial charge in [-0.3, -0.25) is 9.69 Å². The fourth-order valence-corrected chi connectivity index (χ4v) is 9.61. The van der Waals surface area contributed by atoms with E-state index in [1.165, 1.54) is 14.2 Å². The standard InChI is InChI=1S/C48H52N8O7/c1-27(2)48(26-57,54-47(60)62-5)25-55-23-28(3)18-39(55)44-50-36-16-14-30-20-35-33-15-13-31(19-32(33)24-63-40(35)21-34(30)42(36)52-44)37-22-49-43(51-37)38-12-9-17-56(38)45(58)41(53-46(59)61-4)29-10-7-6-8-11-29/h6-8,10-11,13-16,19-22,26-28,38-39,41H,9,12,17-18,23-25H2,1-5H3,(H,49,51)(H,50,52)(H,53,59)(H,54,60)/t28-,38-,39-,41+,48+/m0/s1. The fourth-order valence-electron chi connectivity index (χ4n) is 9.61. The predicted molar refractivity (Wildman–Crippen MR) is 237 cm³/mol. The molecule has 4 aromatic carbocycles. The number of H-pyrrole nitrogens is 2. The molecule has 6 aromatic rings. The van der Waals surface area contributed by atoms with Crippen molar-refractivity contribution in [3.8, 4) is 28.1 Å². The first-order valence-corrected chi connectivity index (χ1v) is 21.5. The third kappa shape index (κ3) is 7.75. The van der Waals surface area contributed by atoms with Crippen LogP contribution in [0.25, 0.3) is 44.2 Å². The zero-order valence-electron chi connectivity index (χ0n) is 36.1. The molecule has 15 nitrogen and oxygen atoms in total. The number of carbonyl (C=O) groups is 4. The number of rotatable bonds is 11. The summed E-state index contributed by atoms with van der Waals surface area (Å²) in [5, 5.41) is 7.56. The molecule has 5 atom stereocenters. The highest BCUT2D eigenvalue weighted by Crippen LogP contribution is 2.44. The molecule has 0 unspecified atom stereocenters. The summed E-state index contributed by atoms with van der Waals surface area (Å²) in [7, 11) is 2.58. The van der Waals surface area contributed by atoms with E-state index in [0.29, 0.717) is 37.0 Å². The second-order valence-electron chi connectivity index (χ2n) is 17.4. The van der Waals surface area contributed by atoms with Gasteiger partial charge >= 0.3 is 12.2 Å². The van der Waals surface area contributed by atoms with Crippen molar-refractivity contribution in [1.82, 2.24) is 40.4 Å². The van der Waals surface area contributed by atoms with Gasteiger partial charge < -0.3 is 44.5 Å². The van der Waals surface area contributed by atoms with Gasteiger partial charge in [-0.2, -0.15) is 0 Å². The molecule has 9 rings (SSSR count). The number of ether oxygens (including phenoxy) is 3. The lowest BCUT2D eigenvalue weighted by molar-refractivity contribution is -0.134. The third-order valence-electron chi connectivity index (χ3n) is 13.1. The normalized spacial score (nSPS) is 19.8. The van der Waals surface area contributed by atoms with Gasteiger partial charge in [0.15, 0.2) is 0 Å². The van der Waals surface area contributed by atoms with E-state index >= 15 is 0 Å². The molecule has 326 valence electrons. The lowest BCUT2D eigenvalue weighted by atomic mass is 9.87. The molecule has 3 amide bonds. The van der Waals surface area contributed by atoms with Crippen LogP contribution in [-0.2, 0) is 25.7 Å². The maximum Gasteiger partial charge on any atom is 0.407 e. The quantitative estimate of drug-likeness (QED) is 0.0940. The van der Waals surface area contributed by atoms with E-state index in [0.717, 1.165) is 93.4 Å². The molecule has 2 fully saturated rings. The average molecular weight is 853 g/mol. The van der Waals surface area contributed by atoms with Gasteiger partial charge in [0, 0.05) is 30.6 Å². The zero-order chi connectivity index (χ0) is 44.0. The van der Waals surface area contributed by atoms with Crippen molar-refractivity contribution in [2.24, 2.45) is 11.8 Å². The van der Waals surface area contributed by atoms with Crippen molar-refractivity contribution >= 4 is 46.2 Å². The number of aldehydes is 1. The SMILES string of the molecule is COC(=O)N[C@@H](C(=O)N1CCC[C@H]1c1ncc(-c2ccc3c(c2)COc2cc4c(ccc5[nH]c([C@@H]6C[C@H](C)CN6C[C@](C=O)(NC(=O)OC)C(C)C)nc54)cc2-3)[nH]1)c1ccccc1. The Hall–Kier alpha value is -6.74. The third-order valence-corrected chi connectivity index (χ3v) is 13.1. The number of methoxy groups -OCH3 is 2. The Morgan fingerprint density at radius 3 is 2.54 bits per heavy atom. The Labute approximate surface area is 364 Å². The Balaban J connectivity index is 0.960. The second kappa shape index (κ2) is 16.9. The maximum atomic E-state index is 14.0. The molecule has 63 heavy (non-hydrogen) atoms. The molecule has 3 aliphatic rings. The monoisotopic (exact) mass is 852 g/mol. The topological polar surface area (TPSA) is 184 Å². The highest BCUT2D eigenvalue weighted by Gasteiger charge is 2.43. The molecule has 15 heteroatoms. The number of amides is 3. The molecule has 0 saturated carbocycles. The number of carbonyl (C=O) groups excluding carboxylic acids is 4. The molecule has 0 bridgehead atoms. The Morgan fingerprint density at radius 2 is 1.78 bits per heavy atom. The van der Waals surface area contributed by atoms with Crippen molar-refractivity contribution in [3.63, 3.8) is 0 Å². The van der Waals surface area contributed by atoms with E-state index in [-0.39, 0.29) is 23.9 Å². The van der Waals surface area contributed by atoms with Crippen LogP contribution in [0.5, 0.6) is 5.75 Å². The van der Waals surface area contributed by atoms with Crippen LogP contribution >= 0.6 is 0 Å². The van der Waals surface area contributed by atoms with Crippen molar-refractivity contribution in [1.29, 1.82) is 0 Å². The number of hydrogen-bond donors (Lipinski definition) is 4. The minimum absolute atomic E-state index is 0.0807. The molecular weight excluding hydrogens is 801 g/mol. The first-order valence-electron chi connectivity index (χ1n) is 21.5. The number of aromatic amines is 2. The van der Waals surface area contributed by atoms with Gasteiger partial charge in [-0.05, 0) is 83.0 Å². The summed E-state index contributed by atoms with van der Waals surface area (Å²) >= 11 is 0. The number of imidazole rings is 2. The first-order chi connectivity index (χ1) is 30.5. The molecule has 5 heterocycles. The van der Waals surface area contributed by atoms with Crippen LogP contribution in [0.2, 0.25) is 0 Å². The number of alkyl carbamates (subject to hydrolysis) is 2. The summed E-state index contributed by atoms with van der Waals surface area (Å²) in [4.78, 5) is 72.3. The highest BCUT2D eigenvalue weighted by atomic mass is 16.5. The van der Waals surface area contributed by atoms with E-state index in [2.05, 4.69) is 74.9 Å². The van der Waals surface area contributed by atoms with Crippen LogP contribution in [0.4, 0.5) is 9.59 Å². The Bertz CT molecular complexity index is 2710. The van der Waals surface area contributed by atoms with Crippen LogP contribution in [0.1, 0.15) is 80.9 Å². The first kappa shape index (κ1) is 41.6. The second-order valence-corrected chi connectivity index (χ2v) is 17.4. The minimum Gasteiger partial charge on any atom is -0.488 e. The van der Waals surface area contributed by atoms with Gasteiger partial charge in [-0.25, -0.2) is 19.6 Å². The van der Waals surface area contributed by atoms with Crippen LogP contribution in [0.3, 0.4) is 0 Å². The summed E-state index contributed by atoms with van der Waals surface area (Å²) in [6, 6.07) is 22.7. The van der Waals surface area contributed by atoms with Crippen molar-refractivity contribution in [2.75, 3.05) is 33.9 Å². The lowest BCUT2D eigenvalue weighted by Crippen LogP contribution is -2.60. The summed E-state index contributed by atoms with van der Waals surface area (Å²) < 4.78 is 16.2. The molecule has 4 N–H and O–H groups in total. The number of likely N-dealkylation sites (tertiary alicyclic amines) is 2. The molecule has 2 aromatic heterocycles. The zero-order valence-corrected chi connectivity index (χ0v) is 36.1. The molecule has 0 aliphatic carbocycles. The van der Waals surface area contributed by atoms with Crippen LogP contribution < -0.4 is 15.4 Å². The van der Waals surface area contributed by atoms with E-state index in [1.807, 2.05) is 50.4 Å². The smallest absolute Gasteiger partial charge is 0.407 e. The summed E-state index contributed by atoms with van der Waals surface area (Å²) in [5.74, 6) is 2.26. The van der Waals surface area contributed by atoms with Gasteiger partial charge in [0.2, 0.25) is 0 Å². The fraction of sp³-hybridized carbons (Fsp3) is 0.375. The molecule has 0 radical (unpaired) electrons. The van der Waals surface area contributed by atoms with Gasteiger partial charge in [0.1, 0.15) is 41.9 Å². The lowest BCUT2D eigenvalue weighted by Gasteiger charge is -2.37. The molecule has 2 saturated heterocycles. The number of fused-ring (bicyclic) bond motifs is 6. The molecular formula is C48H52N8O7. The van der Waals surface area contributed by atoms with Gasteiger partial charge in [-0.15, -0.1) is 0 Å². The van der Waals surface area contributed by atoms with Crippen LogP contribution in [-0.4, -0.2) is 93.5 Å².